The number of sulfone groups is 2. The van der Waals surface area contributed by atoms with Gasteiger partial charge >= 0.3 is 11.9 Å². The molecule has 0 spiro atoms. The quantitative estimate of drug-likeness (QED) is 0.0607. The largest absolute Gasteiger partial charge is 0.494 e. The minimum absolute atomic E-state index is 0.0507. The highest BCUT2D eigenvalue weighted by molar-refractivity contribution is 7.90. The maximum Gasteiger partial charge on any atom is 0.307 e. The molecule has 0 amide bonds. The predicted molar refractivity (Wildman–Crippen MR) is 285 cm³/mol. The molecule has 2 N–H and O–H groups in total. The van der Waals surface area contributed by atoms with Crippen molar-refractivity contribution in [3.05, 3.63) is 160 Å². The first kappa shape index (κ1) is 54.5. The molecule has 0 saturated carbocycles. The monoisotopic (exact) mass is 1050 g/mol. The van der Waals surface area contributed by atoms with E-state index in [2.05, 4.69) is 24.3 Å². The van der Waals surface area contributed by atoms with Crippen LogP contribution >= 0.6 is 0 Å². The number of fused-ring (bicyclic) bond motifs is 2. The van der Waals surface area contributed by atoms with Gasteiger partial charge in [0, 0.05) is 47.1 Å². The van der Waals surface area contributed by atoms with Gasteiger partial charge in [-0.3, -0.25) is 9.59 Å². The van der Waals surface area contributed by atoms with Gasteiger partial charge < -0.3 is 38.3 Å². The number of ether oxygens (including phenoxy) is 5. The van der Waals surface area contributed by atoms with E-state index in [1.54, 1.807) is 6.07 Å². The van der Waals surface area contributed by atoms with Crippen molar-refractivity contribution >= 4 is 42.6 Å². The van der Waals surface area contributed by atoms with Gasteiger partial charge in [-0.05, 0) is 151 Å². The molecule has 1 aliphatic rings. The maximum absolute atomic E-state index is 11.3. The van der Waals surface area contributed by atoms with E-state index in [0.717, 1.165) is 78.1 Å². The molecule has 1 atom stereocenters. The fourth-order valence-corrected chi connectivity index (χ4v) is 10.4. The van der Waals surface area contributed by atoms with Crippen LogP contribution in [0.2, 0.25) is 0 Å². The molecule has 0 fully saturated rings. The van der Waals surface area contributed by atoms with Crippen LogP contribution in [0.3, 0.4) is 0 Å². The van der Waals surface area contributed by atoms with Crippen LogP contribution < -0.4 is 23.7 Å². The zero-order valence-electron chi connectivity index (χ0n) is 42.4. The molecule has 0 aliphatic carbocycles. The lowest BCUT2D eigenvalue weighted by atomic mass is 9.94. The molecule has 1 aromatic heterocycles. The molecule has 0 unspecified atom stereocenters. The molecule has 6 aromatic carbocycles. The van der Waals surface area contributed by atoms with E-state index >= 15 is 0 Å². The number of rotatable bonds is 22. The fraction of sp³-hybridized carbons (Fsp3) is 0.310. The van der Waals surface area contributed by atoms with Crippen LogP contribution in [0, 0.1) is 27.7 Å². The molecular formula is C58H62O14S2. The lowest BCUT2D eigenvalue weighted by Crippen LogP contribution is -2.08. The molecule has 14 nitrogen and oxygen atoms in total. The lowest BCUT2D eigenvalue weighted by molar-refractivity contribution is -0.138. The number of hydrogen-bond donors (Lipinski definition) is 2. The van der Waals surface area contributed by atoms with Gasteiger partial charge in [0.1, 0.15) is 67.2 Å². The maximum atomic E-state index is 11.3. The molecule has 8 rings (SSSR count). The third kappa shape index (κ3) is 15.4. The minimum Gasteiger partial charge on any atom is -0.494 e. The first-order chi connectivity index (χ1) is 35.2. The van der Waals surface area contributed by atoms with Crippen molar-refractivity contribution in [2.75, 3.05) is 43.8 Å². The molecule has 0 saturated heterocycles. The van der Waals surface area contributed by atoms with Gasteiger partial charge in [-0.1, -0.05) is 42.5 Å². The standard InChI is InChI=1S/C29H32O7S.C29H30O7S/c2*1-19-12-25(34-10-5-11-37(3,32)33)13-20(2)29(19)22-7-4-6-21(14-22)17-35-24-8-9-26-23(15-28(30)31)18-36-27(26)16-24/h4,6-9,12-14,16,23H,5,10-11,15,17-18H2,1-3H3,(H,30,31);4,6-9,12-14,16,18H,5,10-11,15,17H2,1-3H3,(H,30,31)/t23-;/m0./s1. The molecule has 0 bridgehead atoms. The lowest BCUT2D eigenvalue weighted by Gasteiger charge is -2.15. The van der Waals surface area contributed by atoms with E-state index in [9.17, 15) is 26.4 Å². The van der Waals surface area contributed by atoms with Crippen LogP contribution in [0.1, 0.15) is 69.7 Å². The summed E-state index contributed by atoms with van der Waals surface area (Å²) in [5.41, 5.74) is 12.8. The first-order valence-corrected chi connectivity index (χ1v) is 28.3. The smallest absolute Gasteiger partial charge is 0.307 e. The van der Waals surface area contributed by atoms with Gasteiger partial charge in [0.15, 0.2) is 0 Å². The van der Waals surface area contributed by atoms with Crippen molar-refractivity contribution in [3.63, 3.8) is 0 Å². The molecule has 7 aromatic rings. The van der Waals surface area contributed by atoms with Crippen LogP contribution in [0.4, 0.5) is 0 Å². The van der Waals surface area contributed by atoms with E-state index in [-0.39, 0.29) is 30.3 Å². The van der Waals surface area contributed by atoms with E-state index in [4.69, 9.17) is 38.3 Å². The van der Waals surface area contributed by atoms with E-state index < -0.39 is 31.6 Å². The van der Waals surface area contributed by atoms with Crippen LogP contribution in [0.25, 0.3) is 33.2 Å². The Labute approximate surface area is 432 Å². The van der Waals surface area contributed by atoms with Gasteiger partial charge in [-0.15, -0.1) is 0 Å². The van der Waals surface area contributed by atoms with Crippen molar-refractivity contribution in [1.82, 2.24) is 0 Å². The Morgan fingerprint density at radius 3 is 1.58 bits per heavy atom. The Hall–Kier alpha value is -7.30. The highest BCUT2D eigenvalue weighted by atomic mass is 32.2. The van der Waals surface area contributed by atoms with Gasteiger partial charge in [-0.25, -0.2) is 16.8 Å². The number of carbonyl (C=O) groups is 2. The number of benzene rings is 6. The van der Waals surface area contributed by atoms with Crippen molar-refractivity contribution in [2.45, 2.75) is 72.5 Å². The highest BCUT2D eigenvalue weighted by Gasteiger charge is 2.27. The third-order valence-corrected chi connectivity index (χ3v) is 14.4. The van der Waals surface area contributed by atoms with Crippen LogP contribution in [0.15, 0.2) is 120 Å². The number of carboxylic acids is 2. The van der Waals surface area contributed by atoms with Crippen LogP contribution in [-0.4, -0.2) is 82.8 Å². The Morgan fingerprint density at radius 2 is 1.09 bits per heavy atom. The van der Waals surface area contributed by atoms with Crippen molar-refractivity contribution in [2.24, 2.45) is 0 Å². The van der Waals surface area contributed by atoms with Crippen molar-refractivity contribution in [3.8, 4) is 51.0 Å². The molecule has 16 heteroatoms. The zero-order valence-corrected chi connectivity index (χ0v) is 44.1. The number of carboxylic acid groups (broad SMARTS) is 2. The Bertz CT molecular complexity index is 3330. The SMILES string of the molecule is Cc1cc(OCCCS(C)(=O)=O)cc(C)c1-c1cccc(COc2ccc3c(CC(=O)O)coc3c2)c1.Cc1cc(OCCCS(C)(=O)=O)cc(C)c1-c1cccc(COc2ccc3c(c2)OC[C@@H]3CC(=O)O)c1. The summed E-state index contributed by atoms with van der Waals surface area (Å²) in [4.78, 5) is 22.1. The molecule has 390 valence electrons. The molecule has 2 heterocycles. The van der Waals surface area contributed by atoms with Crippen molar-refractivity contribution < 1.29 is 64.7 Å². The second-order valence-corrected chi connectivity index (χ2v) is 23.3. The topological polar surface area (TPSA) is 202 Å². The van der Waals surface area contributed by atoms with Gasteiger partial charge in [-0.2, -0.15) is 0 Å². The van der Waals surface area contributed by atoms with Gasteiger partial charge in [0.2, 0.25) is 0 Å². The number of furan rings is 1. The summed E-state index contributed by atoms with van der Waals surface area (Å²) in [5, 5.41) is 18.9. The summed E-state index contributed by atoms with van der Waals surface area (Å²) in [7, 11) is -5.98. The number of aryl methyl sites for hydroxylation is 4. The first-order valence-electron chi connectivity index (χ1n) is 24.2. The Morgan fingerprint density at radius 1 is 0.595 bits per heavy atom. The van der Waals surface area contributed by atoms with E-state index in [1.165, 1.54) is 18.8 Å². The Kier molecular flexibility index (Phi) is 17.8. The normalized spacial score (nSPS) is 13.1. The van der Waals surface area contributed by atoms with E-state index in [0.29, 0.717) is 74.3 Å². The second kappa shape index (κ2) is 24.2. The summed E-state index contributed by atoms with van der Waals surface area (Å²) in [6.07, 6.45) is 4.81. The third-order valence-electron chi connectivity index (χ3n) is 12.4. The fourth-order valence-electron chi connectivity index (χ4n) is 9.09. The summed E-state index contributed by atoms with van der Waals surface area (Å²) < 4.78 is 80.0. The van der Waals surface area contributed by atoms with E-state index in [1.807, 2.05) is 107 Å². The summed E-state index contributed by atoms with van der Waals surface area (Å²) in [6, 6.07) is 35.2. The average molecular weight is 1050 g/mol. The van der Waals surface area contributed by atoms with Crippen LogP contribution in [0.5, 0.6) is 28.7 Å². The zero-order chi connectivity index (χ0) is 53.2. The molecule has 0 radical (unpaired) electrons. The van der Waals surface area contributed by atoms with Gasteiger partial charge in [0.05, 0.1) is 50.4 Å². The summed E-state index contributed by atoms with van der Waals surface area (Å²) in [5.74, 6) is 1.81. The van der Waals surface area contributed by atoms with Gasteiger partial charge in [0.25, 0.3) is 0 Å². The predicted octanol–water partition coefficient (Wildman–Crippen LogP) is 11.0. The number of aliphatic carboxylic acids is 2. The second-order valence-electron chi connectivity index (χ2n) is 18.8. The molecule has 74 heavy (non-hydrogen) atoms. The minimum atomic E-state index is -2.99. The molecular weight excluding hydrogens is 985 g/mol. The summed E-state index contributed by atoms with van der Waals surface area (Å²) in [6.45, 7) is 9.96. The number of hydrogen-bond acceptors (Lipinski definition) is 12. The Balaban J connectivity index is 0.000000216. The van der Waals surface area contributed by atoms with Crippen LogP contribution in [-0.2, 0) is 48.9 Å². The van der Waals surface area contributed by atoms with Crippen molar-refractivity contribution in [1.29, 1.82) is 0 Å². The average Bonchev–Trinajstić information content (AvgIpc) is 3.92. The molecule has 1 aliphatic heterocycles. The highest BCUT2D eigenvalue weighted by Crippen LogP contribution is 2.39. The summed E-state index contributed by atoms with van der Waals surface area (Å²) >= 11 is 0.